The van der Waals surface area contributed by atoms with Crippen LogP contribution in [0.5, 0.6) is 11.5 Å². The van der Waals surface area contributed by atoms with Crippen LogP contribution in [0.2, 0.25) is 0 Å². The van der Waals surface area contributed by atoms with Gasteiger partial charge in [0.15, 0.2) is 11.5 Å². The summed E-state index contributed by atoms with van der Waals surface area (Å²) >= 11 is 0. The number of benzene rings is 2. The highest BCUT2D eigenvalue weighted by atomic mass is 16.5. The SMILES string of the molecule is COc1ccc(CC(=O)N[C@H]2CCCN(CCc3ccccc3)C2)cc1OC. The predicted octanol–water partition coefficient (Wildman–Crippen LogP) is 3.07. The molecule has 1 N–H and O–H groups in total. The van der Waals surface area contributed by atoms with Crippen LogP contribution in [0.15, 0.2) is 48.5 Å². The van der Waals surface area contributed by atoms with E-state index in [1.807, 2.05) is 24.3 Å². The Hall–Kier alpha value is -2.53. The number of hydrogen-bond acceptors (Lipinski definition) is 4. The largest absolute Gasteiger partial charge is 0.493 e. The number of likely N-dealkylation sites (tertiary alicyclic amines) is 1. The fraction of sp³-hybridized carbons (Fsp3) is 0.435. The molecular weight excluding hydrogens is 352 g/mol. The van der Waals surface area contributed by atoms with Crippen molar-refractivity contribution in [3.05, 3.63) is 59.7 Å². The number of nitrogens with zero attached hydrogens (tertiary/aromatic N) is 1. The average molecular weight is 383 g/mol. The van der Waals surface area contributed by atoms with Gasteiger partial charge in [-0.3, -0.25) is 4.79 Å². The van der Waals surface area contributed by atoms with E-state index in [0.717, 1.165) is 44.5 Å². The van der Waals surface area contributed by atoms with Crippen LogP contribution in [0.3, 0.4) is 0 Å². The number of piperidine rings is 1. The van der Waals surface area contributed by atoms with Gasteiger partial charge in [0.2, 0.25) is 5.91 Å². The summed E-state index contributed by atoms with van der Waals surface area (Å²) < 4.78 is 10.6. The van der Waals surface area contributed by atoms with Gasteiger partial charge >= 0.3 is 0 Å². The van der Waals surface area contributed by atoms with Gasteiger partial charge in [-0.1, -0.05) is 36.4 Å². The lowest BCUT2D eigenvalue weighted by atomic mass is 10.0. The summed E-state index contributed by atoms with van der Waals surface area (Å²) in [7, 11) is 3.21. The Bertz CT molecular complexity index is 764. The number of amides is 1. The summed E-state index contributed by atoms with van der Waals surface area (Å²) in [5.41, 5.74) is 2.29. The maximum atomic E-state index is 12.5. The molecule has 1 amide bonds. The highest BCUT2D eigenvalue weighted by molar-refractivity contribution is 5.79. The van der Waals surface area contributed by atoms with E-state index >= 15 is 0 Å². The van der Waals surface area contributed by atoms with Gasteiger partial charge in [-0.2, -0.15) is 0 Å². The number of ether oxygens (including phenoxy) is 2. The molecule has 0 saturated carbocycles. The third-order valence-corrected chi connectivity index (χ3v) is 5.24. The molecule has 1 fully saturated rings. The highest BCUT2D eigenvalue weighted by Gasteiger charge is 2.21. The van der Waals surface area contributed by atoms with Crippen molar-refractivity contribution in [1.82, 2.24) is 10.2 Å². The van der Waals surface area contributed by atoms with Crippen LogP contribution in [0, 0.1) is 0 Å². The molecule has 2 aromatic rings. The van der Waals surface area contributed by atoms with Crippen molar-refractivity contribution in [3.8, 4) is 11.5 Å². The molecule has 0 bridgehead atoms. The number of carbonyl (C=O) groups is 1. The second-order valence-corrected chi connectivity index (χ2v) is 7.31. The Kier molecular flexibility index (Phi) is 7.31. The normalized spacial score (nSPS) is 17.1. The maximum absolute atomic E-state index is 12.5. The molecule has 0 radical (unpaired) electrons. The van der Waals surface area contributed by atoms with Crippen molar-refractivity contribution >= 4 is 5.91 Å². The summed E-state index contributed by atoms with van der Waals surface area (Å²) in [6.07, 6.45) is 3.56. The van der Waals surface area contributed by atoms with Crippen LogP contribution < -0.4 is 14.8 Å². The lowest BCUT2D eigenvalue weighted by molar-refractivity contribution is -0.121. The Labute approximate surface area is 167 Å². The quantitative estimate of drug-likeness (QED) is 0.762. The Morgan fingerprint density at radius 1 is 1.07 bits per heavy atom. The van der Waals surface area contributed by atoms with Gasteiger partial charge in [-0.25, -0.2) is 0 Å². The molecular formula is C23H30N2O3. The fourth-order valence-electron chi connectivity index (χ4n) is 3.76. The molecule has 0 aromatic heterocycles. The van der Waals surface area contributed by atoms with Crippen molar-refractivity contribution in [2.75, 3.05) is 33.9 Å². The molecule has 5 nitrogen and oxygen atoms in total. The Morgan fingerprint density at radius 3 is 2.61 bits per heavy atom. The molecule has 150 valence electrons. The zero-order chi connectivity index (χ0) is 19.8. The predicted molar refractivity (Wildman–Crippen MR) is 111 cm³/mol. The fourth-order valence-corrected chi connectivity index (χ4v) is 3.76. The van der Waals surface area contributed by atoms with Gasteiger partial charge < -0.3 is 19.7 Å². The first-order valence-electron chi connectivity index (χ1n) is 9.94. The van der Waals surface area contributed by atoms with E-state index in [1.54, 1.807) is 14.2 Å². The molecule has 3 rings (SSSR count). The minimum atomic E-state index is 0.0575. The molecule has 0 spiro atoms. The molecule has 28 heavy (non-hydrogen) atoms. The minimum absolute atomic E-state index is 0.0575. The van der Waals surface area contributed by atoms with Gasteiger partial charge in [0.25, 0.3) is 0 Å². The number of hydrogen-bond donors (Lipinski definition) is 1. The van der Waals surface area contributed by atoms with Crippen LogP contribution in [0.25, 0.3) is 0 Å². The summed E-state index contributed by atoms with van der Waals surface area (Å²) in [6, 6.07) is 16.4. The molecule has 5 heteroatoms. The van der Waals surface area contributed by atoms with Crippen molar-refractivity contribution in [2.45, 2.75) is 31.7 Å². The number of carbonyl (C=O) groups excluding carboxylic acids is 1. The molecule has 1 saturated heterocycles. The monoisotopic (exact) mass is 382 g/mol. The first kappa shape index (κ1) is 20.2. The molecule has 0 aliphatic carbocycles. The first-order valence-corrected chi connectivity index (χ1v) is 9.94. The third-order valence-electron chi connectivity index (χ3n) is 5.24. The van der Waals surface area contributed by atoms with Crippen molar-refractivity contribution < 1.29 is 14.3 Å². The molecule has 1 aliphatic rings. The Morgan fingerprint density at radius 2 is 1.86 bits per heavy atom. The smallest absolute Gasteiger partial charge is 0.224 e. The van der Waals surface area contributed by atoms with Gasteiger partial charge in [-0.05, 0) is 49.1 Å². The van der Waals surface area contributed by atoms with E-state index in [0.29, 0.717) is 17.9 Å². The third kappa shape index (κ3) is 5.73. The number of nitrogens with one attached hydrogen (secondary N) is 1. The van der Waals surface area contributed by atoms with Crippen LogP contribution in [-0.2, 0) is 17.6 Å². The van der Waals surface area contributed by atoms with E-state index in [9.17, 15) is 4.79 Å². The molecule has 2 aromatic carbocycles. The topological polar surface area (TPSA) is 50.8 Å². The number of rotatable bonds is 8. The lowest BCUT2D eigenvalue weighted by Gasteiger charge is -2.33. The van der Waals surface area contributed by atoms with Crippen LogP contribution in [0.4, 0.5) is 0 Å². The number of methoxy groups -OCH3 is 2. The summed E-state index contributed by atoms with van der Waals surface area (Å²) in [5, 5.41) is 3.21. The highest BCUT2D eigenvalue weighted by Crippen LogP contribution is 2.27. The van der Waals surface area contributed by atoms with E-state index in [-0.39, 0.29) is 11.9 Å². The molecule has 0 unspecified atom stereocenters. The summed E-state index contributed by atoms with van der Waals surface area (Å²) in [6.45, 7) is 3.06. The van der Waals surface area contributed by atoms with Gasteiger partial charge in [-0.15, -0.1) is 0 Å². The van der Waals surface area contributed by atoms with Crippen molar-refractivity contribution in [3.63, 3.8) is 0 Å². The van der Waals surface area contributed by atoms with Gasteiger partial charge in [0.05, 0.1) is 20.6 Å². The molecule has 1 atom stereocenters. The first-order chi connectivity index (χ1) is 13.7. The lowest BCUT2D eigenvalue weighted by Crippen LogP contribution is -2.48. The summed E-state index contributed by atoms with van der Waals surface area (Å²) in [5.74, 6) is 1.38. The van der Waals surface area contributed by atoms with E-state index in [4.69, 9.17) is 9.47 Å². The van der Waals surface area contributed by atoms with Crippen LogP contribution >= 0.6 is 0 Å². The zero-order valence-corrected chi connectivity index (χ0v) is 16.8. The molecule has 1 aliphatic heterocycles. The molecule has 1 heterocycles. The standard InChI is InChI=1S/C23H30N2O3/c1-27-21-11-10-19(15-22(21)28-2)16-23(26)24-20-9-6-13-25(17-20)14-12-18-7-4-3-5-8-18/h3-5,7-8,10-11,15,20H,6,9,12-14,16-17H2,1-2H3,(H,24,26)/t20-/m0/s1. The van der Waals surface area contributed by atoms with E-state index in [1.165, 1.54) is 5.56 Å². The van der Waals surface area contributed by atoms with Gasteiger partial charge in [0, 0.05) is 19.1 Å². The van der Waals surface area contributed by atoms with Gasteiger partial charge in [0.1, 0.15) is 0 Å². The summed E-state index contributed by atoms with van der Waals surface area (Å²) in [4.78, 5) is 15.0. The Balaban J connectivity index is 1.48. The van der Waals surface area contributed by atoms with Crippen LogP contribution in [0.1, 0.15) is 24.0 Å². The van der Waals surface area contributed by atoms with E-state index in [2.05, 4.69) is 34.5 Å². The van der Waals surface area contributed by atoms with Crippen LogP contribution in [-0.4, -0.2) is 50.7 Å². The minimum Gasteiger partial charge on any atom is -0.493 e. The average Bonchev–Trinajstić information content (AvgIpc) is 2.73. The maximum Gasteiger partial charge on any atom is 0.224 e. The zero-order valence-electron chi connectivity index (χ0n) is 16.8. The van der Waals surface area contributed by atoms with Crippen molar-refractivity contribution in [2.24, 2.45) is 0 Å². The van der Waals surface area contributed by atoms with E-state index < -0.39 is 0 Å². The van der Waals surface area contributed by atoms with Crippen molar-refractivity contribution in [1.29, 1.82) is 0 Å². The second-order valence-electron chi connectivity index (χ2n) is 7.31. The second kappa shape index (κ2) is 10.1.